The molecule has 1 aliphatic rings. The van der Waals surface area contributed by atoms with Crippen LogP contribution in [-0.4, -0.2) is 30.2 Å². The number of fused-ring (bicyclic) bond motifs is 1. The fraction of sp³-hybridized carbons (Fsp3) is 0.345. The number of rotatable bonds is 10. The zero-order valence-electron chi connectivity index (χ0n) is 20.5. The topological polar surface area (TPSA) is 65.0 Å². The highest BCUT2D eigenvalue weighted by Gasteiger charge is 2.16. The number of benzene rings is 3. The van der Waals surface area contributed by atoms with Gasteiger partial charge >= 0.3 is 0 Å². The molecular weight excluding hydrogens is 466 g/mol. The van der Waals surface area contributed by atoms with E-state index in [4.69, 9.17) is 14.2 Å². The second-order valence-electron chi connectivity index (χ2n) is 9.06. The number of ether oxygens (including phenoxy) is 3. The standard InChI is InChI=1S/C29H30F2O5/c1-18(32)13-23(33)7-3-5-21-14-26(31)28(16-25(21)30)36-17-22-6-4-8-24(19(22)2)20-9-10-27-29(15-20)35-12-11-34-27/h4,6,8-10,14-16,23,33H,3,5,7,11-13,17H2,1-2H3/t23-/m1/s1. The van der Waals surface area contributed by atoms with E-state index in [1.807, 2.05) is 43.3 Å². The molecule has 0 unspecified atom stereocenters. The third-order valence-corrected chi connectivity index (χ3v) is 6.29. The largest absolute Gasteiger partial charge is 0.486 e. The minimum Gasteiger partial charge on any atom is -0.486 e. The van der Waals surface area contributed by atoms with Gasteiger partial charge in [0.15, 0.2) is 23.1 Å². The zero-order chi connectivity index (χ0) is 25.7. The second-order valence-corrected chi connectivity index (χ2v) is 9.06. The number of hydrogen-bond acceptors (Lipinski definition) is 5. The molecule has 0 fully saturated rings. The second kappa shape index (κ2) is 11.5. The van der Waals surface area contributed by atoms with Crippen molar-refractivity contribution < 1.29 is 32.9 Å². The first-order chi connectivity index (χ1) is 17.3. The van der Waals surface area contributed by atoms with E-state index in [0.717, 1.165) is 40.1 Å². The number of carbonyl (C=O) groups excluding carboxylic acids is 1. The highest BCUT2D eigenvalue weighted by Crippen LogP contribution is 2.36. The molecule has 0 aliphatic carbocycles. The number of aliphatic hydroxyl groups excluding tert-OH is 1. The Hall–Kier alpha value is -3.45. The molecule has 36 heavy (non-hydrogen) atoms. The van der Waals surface area contributed by atoms with Gasteiger partial charge in [0.1, 0.15) is 31.4 Å². The molecule has 1 N–H and O–H groups in total. The van der Waals surface area contributed by atoms with Gasteiger partial charge in [-0.15, -0.1) is 0 Å². The van der Waals surface area contributed by atoms with Crippen LogP contribution in [0.15, 0.2) is 48.5 Å². The molecule has 1 atom stereocenters. The number of aryl methyl sites for hydroxylation is 1. The van der Waals surface area contributed by atoms with Crippen molar-refractivity contribution in [2.75, 3.05) is 13.2 Å². The first kappa shape index (κ1) is 25.6. The summed E-state index contributed by atoms with van der Waals surface area (Å²) in [4.78, 5) is 11.1. The predicted molar refractivity (Wildman–Crippen MR) is 133 cm³/mol. The summed E-state index contributed by atoms with van der Waals surface area (Å²) in [6.45, 7) is 4.49. The molecule has 3 aromatic rings. The molecule has 0 spiro atoms. The van der Waals surface area contributed by atoms with Crippen molar-refractivity contribution in [1.29, 1.82) is 0 Å². The monoisotopic (exact) mass is 496 g/mol. The van der Waals surface area contributed by atoms with E-state index in [1.54, 1.807) is 0 Å². The van der Waals surface area contributed by atoms with Crippen molar-refractivity contribution in [3.05, 3.63) is 76.9 Å². The summed E-state index contributed by atoms with van der Waals surface area (Å²) in [6.07, 6.45) is 0.349. The molecule has 3 aromatic carbocycles. The van der Waals surface area contributed by atoms with Crippen molar-refractivity contribution in [3.63, 3.8) is 0 Å². The van der Waals surface area contributed by atoms with Gasteiger partial charge in [-0.25, -0.2) is 8.78 Å². The lowest BCUT2D eigenvalue weighted by atomic mass is 9.96. The number of Topliss-reactive ketones (excluding diaryl/α,β-unsaturated/α-hetero) is 1. The lowest BCUT2D eigenvalue weighted by molar-refractivity contribution is -0.118. The van der Waals surface area contributed by atoms with Gasteiger partial charge in [-0.2, -0.15) is 0 Å². The van der Waals surface area contributed by atoms with Crippen molar-refractivity contribution >= 4 is 5.78 Å². The van der Waals surface area contributed by atoms with Gasteiger partial charge in [-0.3, -0.25) is 4.79 Å². The third kappa shape index (κ3) is 6.21. The maximum Gasteiger partial charge on any atom is 0.165 e. The maximum absolute atomic E-state index is 14.7. The van der Waals surface area contributed by atoms with Gasteiger partial charge in [-0.1, -0.05) is 24.3 Å². The van der Waals surface area contributed by atoms with Crippen LogP contribution in [0.5, 0.6) is 17.2 Å². The van der Waals surface area contributed by atoms with E-state index in [2.05, 4.69) is 0 Å². The first-order valence-corrected chi connectivity index (χ1v) is 12.1. The van der Waals surface area contributed by atoms with E-state index in [9.17, 15) is 18.7 Å². The zero-order valence-corrected chi connectivity index (χ0v) is 20.5. The predicted octanol–water partition coefficient (Wildman–Crippen LogP) is 5.95. The summed E-state index contributed by atoms with van der Waals surface area (Å²) in [5.74, 6) is -0.0445. The number of ketones is 1. The Balaban J connectivity index is 1.42. The molecule has 1 aliphatic heterocycles. The Morgan fingerprint density at radius 1 is 1.03 bits per heavy atom. The van der Waals surface area contributed by atoms with E-state index >= 15 is 0 Å². The van der Waals surface area contributed by atoms with Crippen molar-refractivity contribution in [2.45, 2.75) is 52.2 Å². The average Bonchev–Trinajstić information content (AvgIpc) is 2.85. The molecule has 0 saturated carbocycles. The normalized spacial score (nSPS) is 13.4. The van der Waals surface area contributed by atoms with Crippen LogP contribution in [0.25, 0.3) is 11.1 Å². The molecule has 4 rings (SSSR count). The quantitative estimate of drug-likeness (QED) is 0.376. The summed E-state index contributed by atoms with van der Waals surface area (Å²) in [5, 5.41) is 9.79. The molecular formula is C29H30F2O5. The van der Waals surface area contributed by atoms with Crippen molar-refractivity contribution in [3.8, 4) is 28.4 Å². The Morgan fingerprint density at radius 3 is 2.58 bits per heavy atom. The number of halogens is 2. The van der Waals surface area contributed by atoms with Crippen LogP contribution < -0.4 is 14.2 Å². The lowest BCUT2D eigenvalue weighted by Gasteiger charge is -2.20. The molecule has 0 bridgehead atoms. The van der Waals surface area contributed by atoms with Gasteiger partial charge in [-0.05, 0) is 79.1 Å². The van der Waals surface area contributed by atoms with Crippen LogP contribution in [0.1, 0.15) is 42.9 Å². The molecule has 5 nitrogen and oxygen atoms in total. The van der Waals surface area contributed by atoms with Gasteiger partial charge in [0, 0.05) is 12.5 Å². The Kier molecular flexibility index (Phi) is 8.21. The van der Waals surface area contributed by atoms with Crippen LogP contribution in [-0.2, 0) is 17.8 Å². The molecule has 0 aromatic heterocycles. The molecule has 1 heterocycles. The van der Waals surface area contributed by atoms with Crippen molar-refractivity contribution in [1.82, 2.24) is 0 Å². The van der Waals surface area contributed by atoms with Crippen LogP contribution >= 0.6 is 0 Å². The van der Waals surface area contributed by atoms with Gasteiger partial charge in [0.2, 0.25) is 0 Å². The van der Waals surface area contributed by atoms with E-state index in [0.29, 0.717) is 31.8 Å². The minimum atomic E-state index is -0.765. The Labute approximate surface area is 209 Å². The minimum absolute atomic E-state index is 0.0684. The van der Waals surface area contributed by atoms with Gasteiger partial charge in [0.05, 0.1) is 6.10 Å². The van der Waals surface area contributed by atoms with E-state index in [1.165, 1.54) is 6.92 Å². The molecule has 0 radical (unpaired) electrons. The molecule has 7 heteroatoms. The van der Waals surface area contributed by atoms with E-state index < -0.39 is 17.7 Å². The number of carbonyl (C=O) groups is 1. The summed E-state index contributed by atoms with van der Waals surface area (Å²) in [5.41, 5.74) is 3.99. The van der Waals surface area contributed by atoms with Crippen LogP contribution in [0.4, 0.5) is 8.78 Å². The van der Waals surface area contributed by atoms with E-state index in [-0.39, 0.29) is 36.5 Å². The lowest BCUT2D eigenvalue weighted by Crippen LogP contribution is -2.15. The summed E-state index contributed by atoms with van der Waals surface area (Å²) in [6, 6.07) is 13.8. The van der Waals surface area contributed by atoms with Crippen LogP contribution in [0.3, 0.4) is 0 Å². The third-order valence-electron chi connectivity index (χ3n) is 6.29. The SMILES string of the molecule is CC(=O)C[C@H](O)CCCc1cc(F)c(OCc2cccc(-c3ccc4c(c3)OCCO4)c2C)cc1F. The summed E-state index contributed by atoms with van der Waals surface area (Å²) < 4.78 is 46.3. The average molecular weight is 497 g/mol. The van der Waals surface area contributed by atoms with Gasteiger partial charge in [0.25, 0.3) is 0 Å². The highest BCUT2D eigenvalue weighted by molar-refractivity contribution is 5.75. The smallest absolute Gasteiger partial charge is 0.165 e. The Morgan fingerprint density at radius 2 is 1.81 bits per heavy atom. The fourth-order valence-electron chi connectivity index (χ4n) is 4.35. The maximum atomic E-state index is 14.7. The summed E-state index contributed by atoms with van der Waals surface area (Å²) >= 11 is 0. The molecule has 190 valence electrons. The van der Waals surface area contributed by atoms with Crippen LogP contribution in [0.2, 0.25) is 0 Å². The number of hydrogen-bond donors (Lipinski definition) is 1. The first-order valence-electron chi connectivity index (χ1n) is 12.1. The molecule has 0 amide bonds. The molecule has 0 saturated heterocycles. The Bertz CT molecular complexity index is 1240. The summed E-state index contributed by atoms with van der Waals surface area (Å²) in [7, 11) is 0. The fourth-order valence-corrected chi connectivity index (χ4v) is 4.35. The van der Waals surface area contributed by atoms with Crippen LogP contribution in [0, 0.1) is 18.6 Å². The van der Waals surface area contributed by atoms with Crippen molar-refractivity contribution in [2.24, 2.45) is 0 Å². The highest BCUT2D eigenvalue weighted by atomic mass is 19.1. The number of aliphatic hydroxyl groups is 1. The van der Waals surface area contributed by atoms with Gasteiger partial charge < -0.3 is 19.3 Å².